The second kappa shape index (κ2) is 7.76. The van der Waals surface area contributed by atoms with Gasteiger partial charge in [-0.1, -0.05) is 77.8 Å². The minimum atomic E-state index is -0.499. The van der Waals surface area contributed by atoms with Gasteiger partial charge >= 0.3 is 6.03 Å². The number of nitrogens with zero attached hydrogens (tertiary/aromatic N) is 1. The summed E-state index contributed by atoms with van der Waals surface area (Å²) < 4.78 is 1.07. The highest BCUT2D eigenvalue weighted by molar-refractivity contribution is 7.19. The summed E-state index contributed by atoms with van der Waals surface area (Å²) in [5.41, 5.74) is 4.09. The van der Waals surface area contributed by atoms with E-state index in [1.165, 1.54) is 0 Å². The van der Waals surface area contributed by atoms with E-state index in [-0.39, 0.29) is 6.03 Å². The van der Waals surface area contributed by atoms with Crippen LogP contribution in [0.5, 0.6) is 0 Å². The predicted molar refractivity (Wildman–Crippen MR) is 124 cm³/mol. The van der Waals surface area contributed by atoms with E-state index in [0.29, 0.717) is 15.7 Å². The Morgan fingerprint density at radius 2 is 1.67 bits per heavy atom. The molecule has 1 aromatic heterocycles. The van der Waals surface area contributed by atoms with Crippen LogP contribution in [-0.2, 0) is 0 Å². The molecule has 4 nitrogen and oxygen atoms in total. The number of nitrogens with one attached hydrogen (secondary N) is 2. The third kappa shape index (κ3) is 3.35. The fourth-order valence-corrected chi connectivity index (χ4v) is 5.06. The maximum absolute atomic E-state index is 12.6. The van der Waals surface area contributed by atoms with Gasteiger partial charge in [-0.3, -0.25) is 0 Å². The molecule has 1 aliphatic rings. The molecule has 0 radical (unpaired) electrons. The largest absolute Gasteiger partial charge is 0.327 e. The lowest BCUT2D eigenvalue weighted by atomic mass is 9.93. The molecule has 1 aliphatic heterocycles. The smallest absolute Gasteiger partial charge is 0.320 e. The van der Waals surface area contributed by atoms with Crippen molar-refractivity contribution >= 4 is 62.1 Å². The fraction of sp³-hybridized carbons (Fsp3) is 0.0435. The van der Waals surface area contributed by atoms with Crippen molar-refractivity contribution in [2.45, 2.75) is 6.04 Å². The van der Waals surface area contributed by atoms with Crippen LogP contribution in [0.4, 0.5) is 4.79 Å². The molecular formula is C23H15Cl2N3OS. The van der Waals surface area contributed by atoms with Gasteiger partial charge in [-0.15, -0.1) is 11.3 Å². The Labute approximate surface area is 187 Å². The van der Waals surface area contributed by atoms with Gasteiger partial charge in [0.2, 0.25) is 0 Å². The van der Waals surface area contributed by atoms with Crippen LogP contribution in [0.3, 0.4) is 0 Å². The van der Waals surface area contributed by atoms with Gasteiger partial charge < -0.3 is 10.6 Å². The molecule has 5 rings (SSSR count). The molecule has 2 amide bonds. The first-order valence-electron chi connectivity index (χ1n) is 9.29. The molecule has 2 heterocycles. The summed E-state index contributed by atoms with van der Waals surface area (Å²) in [5, 5.41) is 7.65. The van der Waals surface area contributed by atoms with Crippen molar-refractivity contribution in [3.8, 4) is 0 Å². The molecule has 1 unspecified atom stereocenters. The first kappa shape index (κ1) is 19.1. The summed E-state index contributed by atoms with van der Waals surface area (Å²) in [7, 11) is 0. The highest BCUT2D eigenvalue weighted by Crippen LogP contribution is 2.43. The number of fused-ring (bicyclic) bond motifs is 1. The Bertz CT molecular complexity index is 1270. The average Bonchev–Trinajstić information content (AvgIpc) is 3.19. The third-order valence-electron chi connectivity index (χ3n) is 4.95. The summed E-state index contributed by atoms with van der Waals surface area (Å²) in [4.78, 5) is 17.5. The number of benzene rings is 3. The second-order valence-corrected chi connectivity index (χ2v) is 8.63. The molecule has 148 valence electrons. The fourth-order valence-electron chi connectivity index (χ4n) is 3.59. The number of urea groups is 1. The standard InChI is InChI=1S/C23H15Cl2N3OS/c24-15-10-6-9-14(19(15)25)21-18(22-26-16-11-4-5-12-17(16)30-22)20(27-23(29)28-21)13-7-2-1-3-8-13/h1-12,21H,(H2,27,28,29). The van der Waals surface area contributed by atoms with Crippen molar-refractivity contribution in [3.63, 3.8) is 0 Å². The van der Waals surface area contributed by atoms with Crippen molar-refractivity contribution in [2.75, 3.05) is 0 Å². The Morgan fingerprint density at radius 1 is 0.900 bits per heavy atom. The number of thiazole rings is 1. The maximum Gasteiger partial charge on any atom is 0.320 e. The van der Waals surface area contributed by atoms with Gasteiger partial charge in [0, 0.05) is 5.57 Å². The lowest BCUT2D eigenvalue weighted by Gasteiger charge is -2.30. The van der Waals surface area contributed by atoms with Crippen LogP contribution < -0.4 is 10.6 Å². The molecule has 1 atom stereocenters. The summed E-state index contributed by atoms with van der Waals surface area (Å²) >= 11 is 14.4. The van der Waals surface area contributed by atoms with Crippen LogP contribution in [0.1, 0.15) is 22.2 Å². The Hall–Kier alpha value is -2.86. The van der Waals surface area contributed by atoms with Crippen LogP contribution in [0.25, 0.3) is 21.5 Å². The minimum Gasteiger partial charge on any atom is -0.327 e. The van der Waals surface area contributed by atoms with Crippen molar-refractivity contribution < 1.29 is 4.79 Å². The van der Waals surface area contributed by atoms with E-state index in [1.807, 2.05) is 66.7 Å². The maximum atomic E-state index is 12.6. The Kier molecular flexibility index (Phi) is 4.95. The lowest BCUT2D eigenvalue weighted by molar-refractivity contribution is 0.242. The normalized spacial score (nSPS) is 16.5. The monoisotopic (exact) mass is 451 g/mol. The molecule has 0 fully saturated rings. The van der Waals surface area contributed by atoms with Crippen LogP contribution in [-0.4, -0.2) is 11.0 Å². The van der Waals surface area contributed by atoms with Gasteiger partial charge in [0.05, 0.1) is 32.0 Å². The predicted octanol–water partition coefficient (Wildman–Crippen LogP) is 6.53. The number of carbonyl (C=O) groups is 1. The zero-order valence-corrected chi connectivity index (χ0v) is 17.9. The second-order valence-electron chi connectivity index (χ2n) is 6.82. The number of carbonyl (C=O) groups excluding carboxylic acids is 1. The molecule has 0 saturated carbocycles. The van der Waals surface area contributed by atoms with E-state index < -0.39 is 6.04 Å². The van der Waals surface area contributed by atoms with E-state index >= 15 is 0 Å². The molecule has 0 bridgehead atoms. The molecule has 0 spiro atoms. The Morgan fingerprint density at radius 3 is 2.47 bits per heavy atom. The summed E-state index contributed by atoms with van der Waals surface area (Å²) in [6.07, 6.45) is 0. The number of hydrogen-bond donors (Lipinski definition) is 2. The van der Waals surface area contributed by atoms with Crippen molar-refractivity contribution in [1.29, 1.82) is 0 Å². The summed E-state index contributed by atoms with van der Waals surface area (Å²) in [6, 6.07) is 22.3. The van der Waals surface area contributed by atoms with Gasteiger partial charge in [-0.2, -0.15) is 0 Å². The van der Waals surface area contributed by atoms with Crippen LogP contribution in [0, 0.1) is 0 Å². The van der Waals surface area contributed by atoms with Crippen LogP contribution in [0.15, 0.2) is 72.8 Å². The molecule has 4 aromatic rings. The quantitative estimate of drug-likeness (QED) is 0.372. The minimum absolute atomic E-state index is 0.306. The highest BCUT2D eigenvalue weighted by Gasteiger charge is 2.33. The third-order valence-corrected chi connectivity index (χ3v) is 6.85. The Balaban J connectivity index is 1.80. The van der Waals surface area contributed by atoms with Gasteiger partial charge in [-0.05, 0) is 29.3 Å². The van der Waals surface area contributed by atoms with Gasteiger partial charge in [0.1, 0.15) is 5.01 Å². The van der Waals surface area contributed by atoms with Gasteiger partial charge in [-0.25, -0.2) is 9.78 Å². The van der Waals surface area contributed by atoms with Gasteiger partial charge in [0.15, 0.2) is 0 Å². The van der Waals surface area contributed by atoms with E-state index in [2.05, 4.69) is 10.6 Å². The highest BCUT2D eigenvalue weighted by atomic mass is 35.5. The van der Waals surface area contributed by atoms with E-state index in [1.54, 1.807) is 17.4 Å². The molecular weight excluding hydrogens is 437 g/mol. The van der Waals surface area contributed by atoms with E-state index in [4.69, 9.17) is 28.2 Å². The molecule has 3 aromatic carbocycles. The van der Waals surface area contributed by atoms with Crippen molar-refractivity contribution in [1.82, 2.24) is 15.6 Å². The zero-order chi connectivity index (χ0) is 20.7. The van der Waals surface area contributed by atoms with Crippen molar-refractivity contribution in [2.24, 2.45) is 0 Å². The summed E-state index contributed by atoms with van der Waals surface area (Å²) in [6.45, 7) is 0. The van der Waals surface area contributed by atoms with E-state index in [9.17, 15) is 4.79 Å². The molecule has 0 saturated heterocycles. The SMILES string of the molecule is O=C1NC(c2ccccc2)=C(c2nc3ccccc3s2)C(c2cccc(Cl)c2Cl)N1. The molecule has 7 heteroatoms. The van der Waals surface area contributed by atoms with Crippen LogP contribution in [0.2, 0.25) is 10.0 Å². The number of halogens is 2. The zero-order valence-electron chi connectivity index (χ0n) is 15.5. The van der Waals surface area contributed by atoms with Gasteiger partial charge in [0.25, 0.3) is 0 Å². The van der Waals surface area contributed by atoms with Crippen molar-refractivity contribution in [3.05, 3.63) is 99.0 Å². The van der Waals surface area contributed by atoms with Crippen LogP contribution >= 0.6 is 34.5 Å². The first-order chi connectivity index (χ1) is 14.6. The number of rotatable bonds is 3. The van der Waals surface area contributed by atoms with E-state index in [0.717, 1.165) is 31.9 Å². The molecule has 0 aliphatic carbocycles. The number of para-hydroxylation sites is 1. The molecule has 2 N–H and O–H groups in total. The molecule has 30 heavy (non-hydrogen) atoms. The average molecular weight is 452 g/mol. The number of hydrogen-bond acceptors (Lipinski definition) is 3. The first-order valence-corrected chi connectivity index (χ1v) is 10.9. The number of aromatic nitrogens is 1. The summed E-state index contributed by atoms with van der Waals surface area (Å²) in [5.74, 6) is 0. The topological polar surface area (TPSA) is 54.0 Å². The lowest BCUT2D eigenvalue weighted by Crippen LogP contribution is -2.43. The number of amides is 2.